The smallest absolute Gasteiger partial charge is 0.0960 e. The molecule has 0 aliphatic heterocycles. The Bertz CT molecular complexity index is 282. The van der Waals surface area contributed by atoms with Gasteiger partial charge >= 0.3 is 0 Å². The normalized spacial score (nSPS) is 19.0. The van der Waals surface area contributed by atoms with E-state index >= 15 is 0 Å². The molecule has 0 saturated heterocycles. The van der Waals surface area contributed by atoms with Crippen molar-refractivity contribution in [2.45, 2.75) is 31.6 Å². The van der Waals surface area contributed by atoms with Gasteiger partial charge in [-0.2, -0.15) is 0 Å². The molecule has 0 amide bonds. The highest BCUT2D eigenvalue weighted by molar-refractivity contribution is 7.16. The van der Waals surface area contributed by atoms with E-state index in [2.05, 4.69) is 6.07 Å². The predicted octanol–water partition coefficient (Wildman–Crippen LogP) is 4.79. The monoisotopic (exact) mass is 234 g/mol. The molecule has 3 heteroatoms. The van der Waals surface area contributed by atoms with Gasteiger partial charge in [-0.05, 0) is 30.9 Å². The summed E-state index contributed by atoms with van der Waals surface area (Å²) in [5, 5.41) is 0.184. The summed E-state index contributed by atoms with van der Waals surface area (Å²) in [5.41, 5.74) is 1.16. The second kappa shape index (κ2) is 3.80. The Hall–Kier alpha value is 0.280. The third-order valence-electron chi connectivity index (χ3n) is 2.42. The van der Waals surface area contributed by atoms with Crippen LogP contribution in [0.5, 0.6) is 0 Å². The lowest BCUT2D eigenvalue weighted by molar-refractivity contribution is 0.713. The number of halogens is 2. The summed E-state index contributed by atoms with van der Waals surface area (Å²) < 4.78 is 0.886. The van der Waals surface area contributed by atoms with E-state index < -0.39 is 0 Å². The van der Waals surface area contributed by atoms with Crippen LogP contribution < -0.4 is 0 Å². The summed E-state index contributed by atoms with van der Waals surface area (Å²) in [4.78, 5) is 1.23. The molecule has 0 aromatic carbocycles. The van der Waals surface area contributed by atoms with Gasteiger partial charge in [0.15, 0.2) is 0 Å². The van der Waals surface area contributed by atoms with Gasteiger partial charge in [0, 0.05) is 4.88 Å². The van der Waals surface area contributed by atoms with E-state index in [0.717, 1.165) is 22.2 Å². The lowest BCUT2D eigenvalue weighted by atomic mass is 10.2. The Morgan fingerprint density at radius 3 is 2.77 bits per heavy atom. The molecule has 1 aliphatic carbocycles. The Kier molecular flexibility index (Phi) is 2.87. The summed E-state index contributed by atoms with van der Waals surface area (Å²) >= 11 is 13.9. The minimum Gasteiger partial charge on any atom is -0.127 e. The van der Waals surface area contributed by atoms with Gasteiger partial charge in [0.25, 0.3) is 0 Å². The van der Waals surface area contributed by atoms with E-state index in [1.54, 1.807) is 11.3 Å². The molecule has 0 bridgehead atoms. The minimum atomic E-state index is 0.184. The second-order valence-corrected chi connectivity index (χ2v) is 5.96. The molecule has 0 nitrogen and oxygen atoms in total. The van der Waals surface area contributed by atoms with Gasteiger partial charge in [-0.15, -0.1) is 22.9 Å². The van der Waals surface area contributed by atoms with Gasteiger partial charge in [0.1, 0.15) is 0 Å². The van der Waals surface area contributed by atoms with Crippen molar-refractivity contribution >= 4 is 34.5 Å². The highest BCUT2D eigenvalue weighted by Gasteiger charge is 2.26. The molecule has 1 saturated carbocycles. The Morgan fingerprint density at radius 2 is 2.31 bits per heavy atom. The summed E-state index contributed by atoms with van der Waals surface area (Å²) in [6.07, 6.45) is 3.85. The first kappa shape index (κ1) is 9.82. The number of aryl methyl sites for hydroxylation is 1. The molecule has 2 rings (SSSR count). The number of alkyl halides is 1. The summed E-state index contributed by atoms with van der Waals surface area (Å²) in [5.74, 6) is 0.878. The fourth-order valence-electron chi connectivity index (χ4n) is 1.40. The molecule has 0 spiro atoms. The molecular weight excluding hydrogens is 223 g/mol. The lowest BCUT2D eigenvalue weighted by Crippen LogP contribution is -1.87. The van der Waals surface area contributed by atoms with Gasteiger partial charge in [0.2, 0.25) is 0 Å². The zero-order chi connectivity index (χ0) is 9.42. The fourth-order valence-corrected chi connectivity index (χ4v) is 3.06. The van der Waals surface area contributed by atoms with Gasteiger partial charge in [-0.25, -0.2) is 0 Å². The summed E-state index contributed by atoms with van der Waals surface area (Å²) in [7, 11) is 0. The van der Waals surface area contributed by atoms with Gasteiger partial charge < -0.3 is 0 Å². The first-order valence-electron chi connectivity index (χ1n) is 4.56. The van der Waals surface area contributed by atoms with Crippen molar-refractivity contribution in [3.8, 4) is 0 Å². The van der Waals surface area contributed by atoms with Crippen LogP contribution >= 0.6 is 34.5 Å². The zero-order valence-corrected chi connectivity index (χ0v) is 9.85. The van der Waals surface area contributed by atoms with Crippen LogP contribution in [0.2, 0.25) is 4.34 Å². The molecule has 0 radical (unpaired) electrons. The van der Waals surface area contributed by atoms with E-state index in [4.69, 9.17) is 23.2 Å². The second-order valence-electron chi connectivity index (χ2n) is 3.75. The van der Waals surface area contributed by atoms with Gasteiger partial charge in [0.05, 0.1) is 9.71 Å². The summed E-state index contributed by atoms with van der Waals surface area (Å²) in [6.45, 7) is 2.03. The van der Waals surface area contributed by atoms with Crippen molar-refractivity contribution in [3.63, 3.8) is 0 Å². The van der Waals surface area contributed by atoms with Gasteiger partial charge in [-0.3, -0.25) is 0 Å². The Morgan fingerprint density at radius 1 is 1.62 bits per heavy atom. The maximum absolute atomic E-state index is 6.28. The minimum absolute atomic E-state index is 0.184. The van der Waals surface area contributed by atoms with E-state index in [1.165, 1.54) is 17.7 Å². The van der Waals surface area contributed by atoms with Crippen molar-refractivity contribution in [2.75, 3.05) is 0 Å². The van der Waals surface area contributed by atoms with Crippen LogP contribution in [0.4, 0.5) is 0 Å². The zero-order valence-electron chi connectivity index (χ0n) is 7.52. The van der Waals surface area contributed by atoms with Crippen LogP contribution in [0.25, 0.3) is 0 Å². The number of thiophene rings is 1. The van der Waals surface area contributed by atoms with Crippen LogP contribution in [-0.2, 0) is 0 Å². The van der Waals surface area contributed by atoms with E-state index in [0.29, 0.717) is 0 Å². The molecule has 1 heterocycles. The highest BCUT2D eigenvalue weighted by atomic mass is 35.5. The first-order valence-corrected chi connectivity index (χ1v) is 6.20. The topological polar surface area (TPSA) is 0 Å². The predicted molar refractivity (Wildman–Crippen MR) is 60.0 cm³/mol. The van der Waals surface area contributed by atoms with Crippen LogP contribution in [0.3, 0.4) is 0 Å². The van der Waals surface area contributed by atoms with Crippen molar-refractivity contribution < 1.29 is 0 Å². The average molecular weight is 235 g/mol. The van der Waals surface area contributed by atoms with Gasteiger partial charge in [-0.1, -0.05) is 24.4 Å². The van der Waals surface area contributed by atoms with Crippen molar-refractivity contribution in [3.05, 3.63) is 20.8 Å². The fraction of sp³-hybridized carbons (Fsp3) is 0.600. The molecule has 13 heavy (non-hydrogen) atoms. The van der Waals surface area contributed by atoms with Crippen molar-refractivity contribution in [1.82, 2.24) is 0 Å². The van der Waals surface area contributed by atoms with Crippen molar-refractivity contribution in [2.24, 2.45) is 5.92 Å². The molecule has 1 fully saturated rings. The molecular formula is C10H12Cl2S. The number of rotatable bonds is 3. The van der Waals surface area contributed by atoms with E-state index in [9.17, 15) is 0 Å². The maximum atomic E-state index is 6.28. The van der Waals surface area contributed by atoms with Crippen LogP contribution in [-0.4, -0.2) is 0 Å². The Labute approximate surface area is 92.9 Å². The third kappa shape index (κ3) is 2.39. The van der Waals surface area contributed by atoms with E-state index in [-0.39, 0.29) is 5.38 Å². The largest absolute Gasteiger partial charge is 0.127 e. The summed E-state index contributed by atoms with van der Waals surface area (Å²) in [6, 6.07) is 2.12. The SMILES string of the molecule is Cc1cc(C(Cl)CC2CC2)sc1Cl. The average Bonchev–Trinajstić information content (AvgIpc) is 2.81. The number of hydrogen-bond donors (Lipinski definition) is 0. The van der Waals surface area contributed by atoms with E-state index in [1.807, 2.05) is 6.92 Å². The molecule has 1 aliphatic rings. The lowest BCUT2D eigenvalue weighted by Gasteiger charge is -2.04. The highest BCUT2D eigenvalue weighted by Crippen LogP contribution is 2.43. The maximum Gasteiger partial charge on any atom is 0.0960 e. The van der Waals surface area contributed by atoms with Crippen LogP contribution in [0.15, 0.2) is 6.07 Å². The third-order valence-corrected chi connectivity index (χ3v) is 4.63. The van der Waals surface area contributed by atoms with Crippen LogP contribution in [0.1, 0.15) is 35.1 Å². The molecule has 1 unspecified atom stereocenters. The standard InChI is InChI=1S/C10H12Cl2S/c1-6-4-9(13-10(6)12)8(11)5-7-2-3-7/h4,7-8H,2-3,5H2,1H3. The van der Waals surface area contributed by atoms with Crippen molar-refractivity contribution in [1.29, 1.82) is 0 Å². The molecule has 1 aromatic rings. The molecule has 0 N–H and O–H groups in total. The quantitative estimate of drug-likeness (QED) is 0.661. The van der Waals surface area contributed by atoms with Crippen LogP contribution in [0, 0.1) is 12.8 Å². The Balaban J connectivity index is 2.05. The molecule has 72 valence electrons. The first-order chi connectivity index (χ1) is 6.16. The molecule has 1 aromatic heterocycles. The number of hydrogen-bond acceptors (Lipinski definition) is 1. The molecule has 1 atom stereocenters.